The number of nitrogens with two attached hydrogens (primary N) is 1. The van der Waals surface area contributed by atoms with Crippen LogP contribution in [0.25, 0.3) is 0 Å². The fourth-order valence-electron chi connectivity index (χ4n) is 1.97. The summed E-state index contributed by atoms with van der Waals surface area (Å²) < 4.78 is 0. The van der Waals surface area contributed by atoms with Gasteiger partial charge in [-0.3, -0.25) is 14.4 Å². The van der Waals surface area contributed by atoms with E-state index < -0.39 is 36.5 Å². The molecule has 10 heteroatoms. The number of carbonyl (C=O) groups is 3. The summed E-state index contributed by atoms with van der Waals surface area (Å²) in [4.78, 5) is 35.6. The smallest absolute Gasteiger partial charge is 0.243 e. The summed E-state index contributed by atoms with van der Waals surface area (Å²) in [5, 5.41) is 24.7. The van der Waals surface area contributed by atoms with E-state index in [2.05, 4.69) is 16.0 Å². The standard InChI is InChI=1S/C14H29N5O5/c1-9(2)12(19-24)14(23)18-10(5-3-4-6-15)13(22)16-7-11(21)17-8-20/h9-10,12,19-20,24H,3-8,15H2,1-2H3,(H,16,22)(H,17,21)(H,18,23)/t10-,12-/m0/s1. The van der Waals surface area contributed by atoms with Crippen LogP contribution in [-0.4, -0.2) is 59.9 Å². The van der Waals surface area contributed by atoms with Crippen molar-refractivity contribution in [2.75, 3.05) is 19.8 Å². The van der Waals surface area contributed by atoms with Crippen molar-refractivity contribution in [1.29, 1.82) is 0 Å². The quantitative estimate of drug-likeness (QED) is 0.119. The Morgan fingerprint density at radius 2 is 1.75 bits per heavy atom. The Bertz CT molecular complexity index is 405. The van der Waals surface area contributed by atoms with E-state index in [0.29, 0.717) is 25.8 Å². The number of rotatable bonds is 12. The van der Waals surface area contributed by atoms with Crippen LogP contribution in [0.1, 0.15) is 33.1 Å². The normalized spacial score (nSPS) is 13.2. The minimum Gasteiger partial charge on any atom is -0.376 e. The molecule has 0 aliphatic rings. The van der Waals surface area contributed by atoms with Gasteiger partial charge in [0, 0.05) is 0 Å². The molecule has 8 N–H and O–H groups in total. The summed E-state index contributed by atoms with van der Waals surface area (Å²) >= 11 is 0. The predicted octanol–water partition coefficient (Wildman–Crippen LogP) is -2.21. The maximum absolute atomic E-state index is 12.2. The van der Waals surface area contributed by atoms with Crippen LogP contribution in [0.5, 0.6) is 0 Å². The highest BCUT2D eigenvalue weighted by atomic mass is 16.5. The molecule has 140 valence electrons. The maximum atomic E-state index is 12.2. The third-order valence-electron chi connectivity index (χ3n) is 3.37. The lowest BCUT2D eigenvalue weighted by atomic mass is 10.0. The molecule has 2 atom stereocenters. The highest BCUT2D eigenvalue weighted by Crippen LogP contribution is 2.05. The zero-order chi connectivity index (χ0) is 18.5. The molecule has 0 unspecified atom stereocenters. The van der Waals surface area contributed by atoms with Crippen LogP contribution in [0.4, 0.5) is 0 Å². The second kappa shape index (κ2) is 12.6. The Morgan fingerprint density at radius 1 is 1.08 bits per heavy atom. The molecule has 0 radical (unpaired) electrons. The minimum absolute atomic E-state index is 0.182. The van der Waals surface area contributed by atoms with E-state index >= 15 is 0 Å². The Kier molecular flexibility index (Phi) is 11.7. The van der Waals surface area contributed by atoms with Gasteiger partial charge in [0.05, 0.1) is 6.54 Å². The zero-order valence-corrected chi connectivity index (χ0v) is 14.2. The molecule has 0 rings (SSSR count). The number of hydrogen-bond donors (Lipinski definition) is 7. The van der Waals surface area contributed by atoms with Gasteiger partial charge in [-0.2, -0.15) is 5.48 Å². The van der Waals surface area contributed by atoms with Gasteiger partial charge in [0.1, 0.15) is 18.8 Å². The number of amides is 3. The molecule has 0 aromatic rings. The van der Waals surface area contributed by atoms with Gasteiger partial charge in [0.15, 0.2) is 0 Å². The van der Waals surface area contributed by atoms with Crippen molar-refractivity contribution >= 4 is 17.7 Å². The van der Waals surface area contributed by atoms with Crippen LogP contribution in [0.3, 0.4) is 0 Å². The number of unbranched alkanes of at least 4 members (excludes halogenated alkanes) is 1. The lowest BCUT2D eigenvalue weighted by Gasteiger charge is -2.23. The fourth-order valence-corrected chi connectivity index (χ4v) is 1.97. The Hall–Kier alpha value is -1.75. The minimum atomic E-state index is -0.854. The average Bonchev–Trinajstić information content (AvgIpc) is 2.52. The number of carbonyl (C=O) groups excluding carboxylic acids is 3. The van der Waals surface area contributed by atoms with Crippen molar-refractivity contribution in [3.63, 3.8) is 0 Å². The maximum Gasteiger partial charge on any atom is 0.243 e. The topological polar surface area (TPSA) is 166 Å². The van der Waals surface area contributed by atoms with E-state index in [1.165, 1.54) is 0 Å². The number of hydrogen-bond acceptors (Lipinski definition) is 7. The average molecular weight is 347 g/mol. The second-order valence-corrected chi connectivity index (χ2v) is 5.67. The van der Waals surface area contributed by atoms with Crippen LogP contribution in [-0.2, 0) is 14.4 Å². The van der Waals surface area contributed by atoms with Gasteiger partial charge in [-0.25, -0.2) is 0 Å². The van der Waals surface area contributed by atoms with Gasteiger partial charge >= 0.3 is 0 Å². The first kappa shape index (κ1) is 22.2. The highest BCUT2D eigenvalue weighted by Gasteiger charge is 2.27. The molecule has 0 saturated heterocycles. The summed E-state index contributed by atoms with van der Waals surface area (Å²) in [6.45, 7) is 3.12. The SMILES string of the molecule is CC(C)[C@H](NO)C(=O)N[C@@H](CCCCN)C(=O)NCC(=O)NCO. The highest BCUT2D eigenvalue weighted by molar-refractivity contribution is 5.91. The molecule has 0 aliphatic carbocycles. The Balaban J connectivity index is 4.73. The number of nitrogens with one attached hydrogen (secondary N) is 4. The monoisotopic (exact) mass is 347 g/mol. The molecule has 10 nitrogen and oxygen atoms in total. The van der Waals surface area contributed by atoms with Crippen LogP contribution < -0.4 is 27.2 Å². The van der Waals surface area contributed by atoms with Crippen LogP contribution in [0.15, 0.2) is 0 Å². The van der Waals surface area contributed by atoms with Gasteiger partial charge in [0.2, 0.25) is 17.7 Å². The van der Waals surface area contributed by atoms with Crippen molar-refractivity contribution in [2.24, 2.45) is 11.7 Å². The molecule has 3 amide bonds. The molecule has 0 fully saturated rings. The molecule has 0 heterocycles. The number of aliphatic hydroxyl groups is 1. The number of hydroxylamine groups is 1. The third kappa shape index (κ3) is 8.77. The van der Waals surface area contributed by atoms with Crippen LogP contribution in [0, 0.1) is 5.92 Å². The van der Waals surface area contributed by atoms with Crippen LogP contribution in [0.2, 0.25) is 0 Å². The number of aliphatic hydroxyl groups excluding tert-OH is 1. The van der Waals surface area contributed by atoms with E-state index in [9.17, 15) is 14.4 Å². The van der Waals surface area contributed by atoms with Crippen molar-refractivity contribution in [3.8, 4) is 0 Å². The van der Waals surface area contributed by atoms with Gasteiger partial charge in [-0.05, 0) is 31.7 Å². The molecule has 0 spiro atoms. The fraction of sp³-hybridized carbons (Fsp3) is 0.786. The molecular weight excluding hydrogens is 318 g/mol. The summed E-state index contributed by atoms with van der Waals surface area (Å²) in [5.74, 6) is -1.76. The Morgan fingerprint density at radius 3 is 2.25 bits per heavy atom. The molecule has 0 aromatic carbocycles. The summed E-state index contributed by atoms with van der Waals surface area (Å²) in [7, 11) is 0. The van der Waals surface area contributed by atoms with E-state index in [1.807, 2.05) is 5.48 Å². The van der Waals surface area contributed by atoms with Gasteiger partial charge in [0.25, 0.3) is 0 Å². The molecular formula is C14H29N5O5. The molecule has 0 saturated carbocycles. The predicted molar refractivity (Wildman–Crippen MR) is 86.6 cm³/mol. The molecule has 0 bridgehead atoms. The van der Waals surface area contributed by atoms with Gasteiger partial charge in [-0.1, -0.05) is 13.8 Å². The van der Waals surface area contributed by atoms with Crippen molar-refractivity contribution in [3.05, 3.63) is 0 Å². The third-order valence-corrected chi connectivity index (χ3v) is 3.37. The van der Waals surface area contributed by atoms with Gasteiger partial charge in [-0.15, -0.1) is 0 Å². The van der Waals surface area contributed by atoms with E-state index in [-0.39, 0.29) is 12.5 Å². The Labute approximate surface area is 141 Å². The first-order valence-corrected chi connectivity index (χ1v) is 7.92. The summed E-state index contributed by atoms with van der Waals surface area (Å²) in [6.07, 6.45) is 1.67. The first-order valence-electron chi connectivity index (χ1n) is 7.92. The largest absolute Gasteiger partial charge is 0.376 e. The second-order valence-electron chi connectivity index (χ2n) is 5.67. The first-order chi connectivity index (χ1) is 11.4. The molecule has 0 aromatic heterocycles. The van der Waals surface area contributed by atoms with E-state index in [1.54, 1.807) is 13.8 Å². The molecule has 24 heavy (non-hydrogen) atoms. The lowest BCUT2D eigenvalue weighted by molar-refractivity contribution is -0.133. The summed E-state index contributed by atoms with van der Waals surface area (Å²) in [5.41, 5.74) is 7.35. The molecule has 0 aliphatic heterocycles. The van der Waals surface area contributed by atoms with Crippen molar-refractivity contribution in [1.82, 2.24) is 21.4 Å². The lowest BCUT2D eigenvalue weighted by Crippen LogP contribution is -2.54. The summed E-state index contributed by atoms with van der Waals surface area (Å²) in [6, 6.07) is -1.70. The van der Waals surface area contributed by atoms with Gasteiger partial charge < -0.3 is 32.0 Å². The van der Waals surface area contributed by atoms with Crippen LogP contribution >= 0.6 is 0 Å². The zero-order valence-electron chi connectivity index (χ0n) is 14.2. The van der Waals surface area contributed by atoms with E-state index in [4.69, 9.17) is 16.0 Å². The van der Waals surface area contributed by atoms with E-state index in [0.717, 1.165) is 0 Å². The van der Waals surface area contributed by atoms with Crippen molar-refractivity contribution < 1.29 is 24.7 Å². The van der Waals surface area contributed by atoms with Crippen molar-refractivity contribution in [2.45, 2.75) is 45.2 Å².